The molecule has 0 spiro atoms. The zero-order valence-corrected chi connectivity index (χ0v) is 17.4. The summed E-state index contributed by atoms with van der Waals surface area (Å²) in [6, 6.07) is 16.3. The van der Waals surface area contributed by atoms with E-state index in [0.29, 0.717) is 18.2 Å². The molecule has 30 heavy (non-hydrogen) atoms. The monoisotopic (exact) mass is 406 g/mol. The van der Waals surface area contributed by atoms with Crippen LogP contribution >= 0.6 is 0 Å². The van der Waals surface area contributed by atoms with E-state index in [9.17, 15) is 10.1 Å². The number of hydrogen-bond donors (Lipinski definition) is 2. The van der Waals surface area contributed by atoms with E-state index in [1.54, 1.807) is 7.11 Å². The van der Waals surface area contributed by atoms with Crippen molar-refractivity contribution in [2.24, 2.45) is 0 Å². The Kier molecular flexibility index (Phi) is 5.62. The topological polar surface area (TPSA) is 79.1 Å². The average molecular weight is 407 g/mol. The first kappa shape index (κ1) is 19.8. The molecule has 1 aromatic heterocycles. The summed E-state index contributed by atoms with van der Waals surface area (Å²) in [6.45, 7) is 2.65. The molecule has 0 aliphatic heterocycles. The number of benzene rings is 2. The van der Waals surface area contributed by atoms with Gasteiger partial charge in [-0.1, -0.05) is 19.1 Å². The summed E-state index contributed by atoms with van der Waals surface area (Å²) < 4.78 is 7.71. The number of anilines is 1. The van der Waals surface area contributed by atoms with Gasteiger partial charge < -0.3 is 19.9 Å². The van der Waals surface area contributed by atoms with Crippen molar-refractivity contribution < 1.29 is 12.4 Å². The molecule has 4 rings (SSSR count). The molecule has 0 saturated heterocycles. The number of nitrogens with zero attached hydrogens (tertiary/aromatic N) is 2. The first-order valence-corrected chi connectivity index (χ1v) is 10.4. The minimum absolute atomic E-state index is 0. The summed E-state index contributed by atoms with van der Waals surface area (Å²) in [7, 11) is 1.64. The maximum Gasteiger partial charge on any atom is 0.319 e. The number of ether oxygens (including phenoxy) is 1. The number of methoxy groups -OCH3 is 1. The third kappa shape index (κ3) is 3.59. The zero-order chi connectivity index (χ0) is 21.1. The Balaban J connectivity index is 0.00000181. The van der Waals surface area contributed by atoms with Crippen molar-refractivity contribution in [3.05, 3.63) is 48.0 Å². The number of urea groups is 1. The molecule has 158 valence electrons. The summed E-state index contributed by atoms with van der Waals surface area (Å²) in [4.78, 5) is 11.9. The molecule has 3 aromatic rings. The van der Waals surface area contributed by atoms with Gasteiger partial charge in [0.05, 0.1) is 23.9 Å². The minimum Gasteiger partial charge on any atom is -0.497 e. The van der Waals surface area contributed by atoms with Crippen LogP contribution in [-0.2, 0) is 0 Å². The lowest BCUT2D eigenvalue weighted by Gasteiger charge is -2.30. The van der Waals surface area contributed by atoms with Gasteiger partial charge in [-0.15, -0.1) is 0 Å². The fraction of sp³-hybridized carbons (Fsp3) is 0.333. The van der Waals surface area contributed by atoms with Crippen LogP contribution in [0, 0.1) is 11.3 Å². The van der Waals surface area contributed by atoms with Crippen LogP contribution < -0.4 is 15.4 Å². The van der Waals surface area contributed by atoms with Gasteiger partial charge in [0.1, 0.15) is 11.8 Å². The van der Waals surface area contributed by atoms with Gasteiger partial charge in [-0.3, -0.25) is 0 Å². The Bertz CT molecular complexity index is 1120. The van der Waals surface area contributed by atoms with Crippen LogP contribution in [0.3, 0.4) is 0 Å². The highest BCUT2D eigenvalue weighted by Gasteiger charge is 2.27. The fourth-order valence-corrected chi connectivity index (χ4v) is 3.97. The number of rotatable bonds is 6. The molecule has 2 amide bonds. The van der Waals surface area contributed by atoms with Gasteiger partial charge in [0.25, 0.3) is 0 Å². The quantitative estimate of drug-likeness (QED) is 0.532. The number of carbonyl (C=O) groups excluding carboxylic acids is 1. The van der Waals surface area contributed by atoms with Crippen molar-refractivity contribution in [2.75, 3.05) is 19.0 Å². The molecule has 1 heterocycles. The number of amides is 2. The zero-order valence-electron chi connectivity index (χ0n) is 17.4. The standard InChI is InChI=1S/C24H26N4O2.2H2/c1-3-13-26-24(29)27-17-9-7-16(8-10-17)23-21(15-25)20-14-19(30-2)11-12-22(20)28(23)18-5-4-6-18;;/h7-12,14,18H,3-6,13H2,1-2H3,(H2,26,27,29);2*1H. The maximum absolute atomic E-state index is 11.9. The number of fused-ring (bicyclic) bond motifs is 1. The summed E-state index contributed by atoms with van der Waals surface area (Å²) in [5.41, 5.74) is 4.35. The van der Waals surface area contributed by atoms with E-state index in [-0.39, 0.29) is 8.88 Å². The fourth-order valence-electron chi connectivity index (χ4n) is 3.97. The molecule has 1 aliphatic carbocycles. The second kappa shape index (κ2) is 8.50. The first-order valence-electron chi connectivity index (χ1n) is 10.4. The number of hydrogen-bond acceptors (Lipinski definition) is 3. The molecule has 1 saturated carbocycles. The second-order valence-corrected chi connectivity index (χ2v) is 7.63. The van der Waals surface area contributed by atoms with Gasteiger partial charge in [-0.2, -0.15) is 5.26 Å². The van der Waals surface area contributed by atoms with Gasteiger partial charge in [0, 0.05) is 26.5 Å². The SMILES string of the molecule is CCCNC(=O)Nc1ccc(-c2c(C#N)c3cc(OC)ccc3n2C2CCC2)cc1.[HH].[HH]. The van der Waals surface area contributed by atoms with Gasteiger partial charge in [0.2, 0.25) is 0 Å². The number of nitrogens with one attached hydrogen (secondary N) is 2. The van der Waals surface area contributed by atoms with Crippen molar-refractivity contribution in [2.45, 2.75) is 38.6 Å². The van der Waals surface area contributed by atoms with Crippen LogP contribution in [0.4, 0.5) is 10.5 Å². The predicted octanol–water partition coefficient (Wildman–Crippen LogP) is 5.94. The molecule has 2 aromatic carbocycles. The van der Waals surface area contributed by atoms with Crippen molar-refractivity contribution in [1.82, 2.24) is 9.88 Å². The molecule has 6 nitrogen and oxygen atoms in total. The second-order valence-electron chi connectivity index (χ2n) is 7.63. The third-order valence-corrected chi connectivity index (χ3v) is 5.71. The minimum atomic E-state index is -0.210. The van der Waals surface area contributed by atoms with Crippen molar-refractivity contribution in [3.8, 4) is 23.1 Å². The first-order chi connectivity index (χ1) is 14.7. The van der Waals surface area contributed by atoms with Crippen molar-refractivity contribution in [1.29, 1.82) is 5.26 Å². The highest BCUT2D eigenvalue weighted by molar-refractivity contribution is 5.96. The summed E-state index contributed by atoms with van der Waals surface area (Å²) in [5.74, 6) is 0.744. The molecule has 0 atom stereocenters. The largest absolute Gasteiger partial charge is 0.497 e. The molecule has 0 unspecified atom stereocenters. The van der Waals surface area contributed by atoms with Gasteiger partial charge in [0.15, 0.2) is 0 Å². The van der Waals surface area contributed by atoms with E-state index in [2.05, 4.69) is 21.3 Å². The Morgan fingerprint density at radius 2 is 2.03 bits per heavy atom. The molecule has 2 N–H and O–H groups in total. The third-order valence-electron chi connectivity index (χ3n) is 5.71. The van der Waals surface area contributed by atoms with Crippen LogP contribution in [0.1, 0.15) is 47.1 Å². The molecule has 1 fully saturated rings. The molecular weight excluding hydrogens is 376 g/mol. The Labute approximate surface area is 179 Å². The normalized spacial score (nSPS) is 13.5. The highest BCUT2D eigenvalue weighted by atomic mass is 16.5. The van der Waals surface area contributed by atoms with Crippen molar-refractivity contribution >= 4 is 22.6 Å². The smallest absolute Gasteiger partial charge is 0.319 e. The van der Waals surface area contributed by atoms with Crippen LogP contribution in [0.5, 0.6) is 5.75 Å². The molecule has 0 radical (unpaired) electrons. The van der Waals surface area contributed by atoms with Crippen LogP contribution in [-0.4, -0.2) is 24.3 Å². The number of nitriles is 1. The number of carbonyl (C=O) groups is 1. The van der Waals surface area contributed by atoms with E-state index >= 15 is 0 Å². The van der Waals surface area contributed by atoms with Crippen LogP contribution in [0.15, 0.2) is 42.5 Å². The van der Waals surface area contributed by atoms with Gasteiger partial charge in [-0.05, 0) is 61.6 Å². The Morgan fingerprint density at radius 1 is 1.27 bits per heavy atom. The maximum atomic E-state index is 11.9. The lowest BCUT2D eigenvalue weighted by atomic mass is 9.92. The molecule has 0 bridgehead atoms. The molecule has 6 heteroatoms. The number of aromatic nitrogens is 1. The highest BCUT2D eigenvalue weighted by Crippen LogP contribution is 2.43. The molecule has 1 aliphatic rings. The van der Waals surface area contributed by atoms with E-state index in [0.717, 1.165) is 52.9 Å². The van der Waals surface area contributed by atoms with Gasteiger partial charge >= 0.3 is 6.03 Å². The van der Waals surface area contributed by atoms with E-state index < -0.39 is 0 Å². The van der Waals surface area contributed by atoms with E-state index in [1.165, 1.54) is 6.42 Å². The van der Waals surface area contributed by atoms with Crippen LogP contribution in [0.25, 0.3) is 22.2 Å². The van der Waals surface area contributed by atoms with Crippen LogP contribution in [0.2, 0.25) is 0 Å². The average Bonchev–Trinajstić information content (AvgIpc) is 3.04. The van der Waals surface area contributed by atoms with E-state index in [1.807, 2.05) is 49.4 Å². The van der Waals surface area contributed by atoms with Crippen molar-refractivity contribution in [3.63, 3.8) is 0 Å². The lowest BCUT2D eigenvalue weighted by Crippen LogP contribution is -2.29. The predicted molar refractivity (Wildman–Crippen MR) is 123 cm³/mol. The summed E-state index contributed by atoms with van der Waals surface area (Å²) in [5, 5.41) is 16.6. The summed E-state index contributed by atoms with van der Waals surface area (Å²) >= 11 is 0. The lowest BCUT2D eigenvalue weighted by molar-refractivity contribution is 0.252. The molecular formula is C24H30N4O2. The summed E-state index contributed by atoms with van der Waals surface area (Å²) in [6.07, 6.45) is 4.33. The van der Waals surface area contributed by atoms with Gasteiger partial charge in [-0.25, -0.2) is 4.79 Å². The Morgan fingerprint density at radius 3 is 2.63 bits per heavy atom. The van der Waals surface area contributed by atoms with E-state index in [4.69, 9.17) is 4.74 Å². The Hall–Kier alpha value is -3.46.